The third kappa shape index (κ3) is 4.53. The highest BCUT2D eigenvalue weighted by atomic mass is 16.2. The zero-order chi connectivity index (χ0) is 22.1. The fourth-order valence-corrected chi connectivity index (χ4v) is 5.98. The summed E-state index contributed by atoms with van der Waals surface area (Å²) in [7, 11) is 0. The molecule has 0 aromatic carbocycles. The number of piperidine rings is 1. The maximum absolute atomic E-state index is 11.6. The van der Waals surface area contributed by atoms with Gasteiger partial charge in [0.2, 0.25) is 11.9 Å². The van der Waals surface area contributed by atoms with Crippen LogP contribution < -0.4 is 10.2 Å². The molecule has 1 amide bonds. The molecule has 7 heteroatoms. The second-order valence-electron chi connectivity index (χ2n) is 10.1. The van der Waals surface area contributed by atoms with E-state index in [0.717, 1.165) is 23.5 Å². The second kappa shape index (κ2) is 9.22. The molecule has 3 aliphatic rings. The van der Waals surface area contributed by atoms with Crippen LogP contribution in [0.5, 0.6) is 0 Å². The Bertz CT molecular complexity index is 978. The number of likely N-dealkylation sites (tertiary alicyclic amines) is 1. The number of amides is 1. The summed E-state index contributed by atoms with van der Waals surface area (Å²) in [6.07, 6.45) is 15.0. The van der Waals surface area contributed by atoms with Crippen LogP contribution in [0, 0.1) is 17.2 Å². The molecule has 7 nitrogen and oxygen atoms in total. The number of rotatable bonds is 5. The number of anilines is 1. The van der Waals surface area contributed by atoms with Gasteiger partial charge in [-0.05, 0) is 75.1 Å². The number of carbonyl (C=O) groups excluding carboxylic acids is 1. The first kappa shape index (κ1) is 21.4. The molecule has 2 atom stereocenters. The summed E-state index contributed by atoms with van der Waals surface area (Å²) in [5.74, 6) is 1.69. The van der Waals surface area contributed by atoms with Gasteiger partial charge in [0.15, 0.2) is 0 Å². The summed E-state index contributed by atoms with van der Waals surface area (Å²) in [5.41, 5.74) is 3.24. The van der Waals surface area contributed by atoms with Gasteiger partial charge >= 0.3 is 0 Å². The molecule has 5 rings (SSSR count). The monoisotopic (exact) mass is 436 g/mol. The van der Waals surface area contributed by atoms with Gasteiger partial charge in [-0.25, -0.2) is 4.52 Å². The maximum atomic E-state index is 11.6. The summed E-state index contributed by atoms with van der Waals surface area (Å²) in [4.78, 5) is 16.2. The van der Waals surface area contributed by atoms with Crippen molar-refractivity contribution in [1.82, 2.24) is 19.8 Å². The molecule has 2 aromatic heterocycles. The van der Waals surface area contributed by atoms with E-state index in [1.807, 2.05) is 15.6 Å². The van der Waals surface area contributed by atoms with Crippen molar-refractivity contribution in [3.8, 4) is 0 Å². The molecular weight excluding hydrogens is 400 g/mol. The topological polar surface area (TPSA) is 76.7 Å². The molecule has 2 aromatic rings. The van der Waals surface area contributed by atoms with Gasteiger partial charge in [0.05, 0.1) is 17.4 Å². The highest BCUT2D eigenvalue weighted by Crippen LogP contribution is 2.31. The lowest BCUT2D eigenvalue weighted by Crippen LogP contribution is -2.50. The molecule has 2 aliphatic heterocycles. The Hall–Kier alpha value is -2.41. The summed E-state index contributed by atoms with van der Waals surface area (Å²) < 4.78 is 1.87. The van der Waals surface area contributed by atoms with Crippen molar-refractivity contribution in [2.75, 3.05) is 24.5 Å². The molecule has 0 unspecified atom stereocenters. The molecule has 0 radical (unpaired) electrons. The van der Waals surface area contributed by atoms with E-state index in [2.05, 4.69) is 34.4 Å². The zero-order valence-corrected chi connectivity index (χ0v) is 19.2. The minimum atomic E-state index is -0.0904. The molecule has 2 N–H and O–H groups in total. The van der Waals surface area contributed by atoms with E-state index in [1.165, 1.54) is 63.6 Å². The SMILES string of the molecule is C[C@@H]1C[C@H](Cc2ccn3ncc(N4CCC(=O)NC4=N)c3c2)CCN1CC1CCCCC1. The van der Waals surface area contributed by atoms with Gasteiger partial charge in [0.25, 0.3) is 0 Å². The standard InChI is InChI=1S/C25H36N6O/c1-18-13-20(7-10-29(18)17-19-5-3-2-4-6-19)14-21-8-12-31-22(15-21)23(16-27-31)30-11-9-24(32)28-25(30)26/h8,12,15-16,18-20H,2-7,9-11,13-14,17H2,1H3,(H2,26,28,32)/t18-,20-/m1/s1. The van der Waals surface area contributed by atoms with E-state index in [-0.39, 0.29) is 11.9 Å². The van der Waals surface area contributed by atoms with Crippen LogP contribution in [0.15, 0.2) is 24.5 Å². The van der Waals surface area contributed by atoms with E-state index < -0.39 is 0 Å². The largest absolute Gasteiger partial charge is 0.309 e. The summed E-state index contributed by atoms with van der Waals surface area (Å²) in [6, 6.07) is 5.08. The molecule has 0 spiro atoms. The molecule has 4 heterocycles. The molecule has 3 fully saturated rings. The molecule has 32 heavy (non-hydrogen) atoms. The van der Waals surface area contributed by atoms with Crippen molar-refractivity contribution >= 4 is 23.1 Å². The minimum Gasteiger partial charge on any atom is -0.309 e. The van der Waals surface area contributed by atoms with Crippen LogP contribution in [0.25, 0.3) is 5.52 Å². The van der Waals surface area contributed by atoms with Crippen molar-refractivity contribution in [3.05, 3.63) is 30.1 Å². The number of nitrogens with one attached hydrogen (secondary N) is 2. The van der Waals surface area contributed by atoms with Crippen LogP contribution in [0.1, 0.15) is 63.9 Å². The van der Waals surface area contributed by atoms with Crippen LogP contribution in [0.4, 0.5) is 5.69 Å². The number of hydrogen-bond acceptors (Lipinski definition) is 4. The summed E-state index contributed by atoms with van der Waals surface area (Å²) in [5, 5.41) is 15.3. The number of nitrogens with zero attached hydrogens (tertiary/aromatic N) is 4. The van der Waals surface area contributed by atoms with E-state index in [9.17, 15) is 4.79 Å². The van der Waals surface area contributed by atoms with E-state index in [0.29, 0.717) is 24.9 Å². The van der Waals surface area contributed by atoms with Gasteiger partial charge in [-0.1, -0.05) is 19.3 Å². The number of carbonyl (C=O) groups is 1. The molecule has 172 valence electrons. The Labute approximate surface area is 190 Å². The van der Waals surface area contributed by atoms with Crippen molar-refractivity contribution in [2.24, 2.45) is 11.8 Å². The minimum absolute atomic E-state index is 0.0904. The second-order valence-corrected chi connectivity index (χ2v) is 10.1. The number of pyridine rings is 1. The van der Waals surface area contributed by atoms with Gasteiger partial charge < -0.3 is 9.80 Å². The molecule has 2 saturated heterocycles. The molecular formula is C25H36N6O. The van der Waals surface area contributed by atoms with Gasteiger partial charge in [-0.15, -0.1) is 0 Å². The maximum Gasteiger partial charge on any atom is 0.228 e. The zero-order valence-electron chi connectivity index (χ0n) is 19.2. The van der Waals surface area contributed by atoms with Gasteiger partial charge in [0, 0.05) is 31.7 Å². The smallest absolute Gasteiger partial charge is 0.228 e. The van der Waals surface area contributed by atoms with Crippen LogP contribution in [-0.2, 0) is 11.2 Å². The van der Waals surface area contributed by atoms with Crippen molar-refractivity contribution in [3.63, 3.8) is 0 Å². The summed E-state index contributed by atoms with van der Waals surface area (Å²) in [6.45, 7) is 5.47. The first-order valence-electron chi connectivity index (χ1n) is 12.4. The van der Waals surface area contributed by atoms with Crippen LogP contribution in [0.3, 0.4) is 0 Å². The van der Waals surface area contributed by atoms with Crippen molar-refractivity contribution in [2.45, 2.75) is 70.8 Å². The fraction of sp³-hybridized carbons (Fsp3) is 0.640. The van der Waals surface area contributed by atoms with Gasteiger partial charge in [0.1, 0.15) is 0 Å². The van der Waals surface area contributed by atoms with E-state index in [1.54, 1.807) is 6.20 Å². The van der Waals surface area contributed by atoms with Gasteiger partial charge in [-0.2, -0.15) is 5.10 Å². The lowest BCUT2D eigenvalue weighted by molar-refractivity contribution is -0.119. The Balaban J connectivity index is 1.24. The molecule has 1 saturated carbocycles. The summed E-state index contributed by atoms with van der Waals surface area (Å²) >= 11 is 0. The van der Waals surface area contributed by atoms with Crippen LogP contribution >= 0.6 is 0 Å². The average molecular weight is 437 g/mol. The number of hydrogen-bond donors (Lipinski definition) is 2. The molecule has 1 aliphatic carbocycles. The van der Waals surface area contributed by atoms with Crippen molar-refractivity contribution < 1.29 is 4.79 Å². The average Bonchev–Trinajstić information content (AvgIpc) is 3.19. The third-order valence-electron chi connectivity index (χ3n) is 7.81. The van der Waals surface area contributed by atoms with Gasteiger partial charge in [-0.3, -0.25) is 15.5 Å². The predicted octanol–water partition coefficient (Wildman–Crippen LogP) is 3.82. The molecule has 0 bridgehead atoms. The van der Waals surface area contributed by atoms with E-state index >= 15 is 0 Å². The quantitative estimate of drug-likeness (QED) is 0.747. The lowest BCUT2D eigenvalue weighted by atomic mass is 9.84. The van der Waals surface area contributed by atoms with Crippen LogP contribution in [-0.4, -0.2) is 52.1 Å². The lowest BCUT2D eigenvalue weighted by Gasteiger charge is -2.40. The normalized spacial score (nSPS) is 26.0. The van der Waals surface area contributed by atoms with Crippen LogP contribution in [0.2, 0.25) is 0 Å². The number of fused-ring (bicyclic) bond motifs is 1. The highest BCUT2D eigenvalue weighted by Gasteiger charge is 2.28. The Morgan fingerprint density at radius 2 is 2.00 bits per heavy atom. The Morgan fingerprint density at radius 3 is 2.78 bits per heavy atom. The Morgan fingerprint density at radius 1 is 1.16 bits per heavy atom. The van der Waals surface area contributed by atoms with E-state index in [4.69, 9.17) is 5.41 Å². The number of aromatic nitrogens is 2. The first-order valence-corrected chi connectivity index (χ1v) is 12.4. The highest BCUT2D eigenvalue weighted by molar-refractivity contribution is 6.08. The third-order valence-corrected chi connectivity index (χ3v) is 7.81. The predicted molar refractivity (Wildman–Crippen MR) is 127 cm³/mol. The Kier molecular flexibility index (Phi) is 6.17. The number of guanidine groups is 1. The fourth-order valence-electron chi connectivity index (χ4n) is 5.98. The first-order chi connectivity index (χ1) is 15.6. The van der Waals surface area contributed by atoms with Crippen molar-refractivity contribution in [1.29, 1.82) is 5.41 Å².